The molecule has 0 atom stereocenters. The largest absolute Gasteiger partial charge is 0.269 e. The maximum Gasteiger partial charge on any atom is 0.259 e. The molecule has 92 valence electrons. The summed E-state index contributed by atoms with van der Waals surface area (Å²) in [6, 6.07) is 10.1. The molecule has 4 rings (SSSR count). The third kappa shape index (κ3) is 1.28. The van der Waals surface area contributed by atoms with Crippen LogP contribution in [0.15, 0.2) is 29.1 Å². The van der Waals surface area contributed by atoms with Crippen LogP contribution in [0.25, 0.3) is 15.0 Å². The van der Waals surface area contributed by atoms with E-state index in [0.29, 0.717) is 5.56 Å². The Bertz CT molecular complexity index is 927. The molecule has 0 fully saturated rings. The standard InChI is InChI=1S/C15H10N2OS/c16-8-11-9-4-3-5-10(9)14(18)17-12-6-1-2-7-13(12)19-15(11)17/h1-2,6-7H,3-5H2. The first-order valence-electron chi connectivity index (χ1n) is 6.29. The minimum absolute atomic E-state index is 0.0685. The van der Waals surface area contributed by atoms with Crippen LogP contribution in [0.2, 0.25) is 0 Å². The van der Waals surface area contributed by atoms with Crippen LogP contribution in [-0.4, -0.2) is 4.40 Å². The Morgan fingerprint density at radius 3 is 2.84 bits per heavy atom. The molecular formula is C15H10N2OS. The SMILES string of the molecule is N#Cc1c2c(c(=O)n3c1sc1ccccc13)CCC2. The zero-order valence-electron chi connectivity index (χ0n) is 10.1. The van der Waals surface area contributed by atoms with Crippen molar-refractivity contribution in [1.29, 1.82) is 5.26 Å². The summed E-state index contributed by atoms with van der Waals surface area (Å²) in [7, 11) is 0. The third-order valence-corrected chi connectivity index (χ3v) is 4.97. The fourth-order valence-corrected chi connectivity index (χ4v) is 4.15. The average molecular weight is 266 g/mol. The molecule has 0 spiro atoms. The molecule has 0 N–H and O–H groups in total. The first kappa shape index (κ1) is 10.8. The average Bonchev–Trinajstić information content (AvgIpc) is 3.03. The van der Waals surface area contributed by atoms with Crippen molar-refractivity contribution in [2.45, 2.75) is 19.3 Å². The van der Waals surface area contributed by atoms with E-state index in [9.17, 15) is 10.1 Å². The molecule has 1 aliphatic rings. The van der Waals surface area contributed by atoms with Crippen LogP contribution in [0.1, 0.15) is 23.1 Å². The predicted octanol–water partition coefficient (Wildman–Crippen LogP) is 2.87. The van der Waals surface area contributed by atoms with Crippen molar-refractivity contribution < 1.29 is 0 Å². The van der Waals surface area contributed by atoms with Crippen LogP contribution in [0, 0.1) is 11.3 Å². The van der Waals surface area contributed by atoms with Gasteiger partial charge in [-0.2, -0.15) is 5.26 Å². The van der Waals surface area contributed by atoms with Crippen LogP contribution in [0.3, 0.4) is 0 Å². The highest BCUT2D eigenvalue weighted by atomic mass is 32.1. The number of pyridine rings is 1. The molecule has 3 nitrogen and oxygen atoms in total. The lowest BCUT2D eigenvalue weighted by Gasteiger charge is -2.04. The Hall–Kier alpha value is -2.12. The van der Waals surface area contributed by atoms with Gasteiger partial charge in [0.25, 0.3) is 5.56 Å². The lowest BCUT2D eigenvalue weighted by atomic mass is 10.1. The van der Waals surface area contributed by atoms with Crippen LogP contribution in [0.4, 0.5) is 0 Å². The molecule has 0 aliphatic heterocycles. The van der Waals surface area contributed by atoms with E-state index in [0.717, 1.165) is 45.4 Å². The van der Waals surface area contributed by atoms with Crippen LogP contribution < -0.4 is 5.56 Å². The van der Waals surface area contributed by atoms with Crippen LogP contribution in [0.5, 0.6) is 0 Å². The van der Waals surface area contributed by atoms with E-state index < -0.39 is 0 Å². The molecule has 0 amide bonds. The number of aromatic nitrogens is 1. The summed E-state index contributed by atoms with van der Waals surface area (Å²) < 4.78 is 2.78. The fraction of sp³-hybridized carbons (Fsp3) is 0.200. The Labute approximate surface area is 113 Å². The highest BCUT2D eigenvalue weighted by molar-refractivity contribution is 7.24. The van der Waals surface area contributed by atoms with Gasteiger partial charge in [-0.25, -0.2) is 0 Å². The Morgan fingerprint density at radius 2 is 2.00 bits per heavy atom. The van der Waals surface area contributed by atoms with Gasteiger partial charge in [-0.15, -0.1) is 11.3 Å². The lowest BCUT2D eigenvalue weighted by Crippen LogP contribution is -2.18. The zero-order chi connectivity index (χ0) is 13.0. The second-order valence-corrected chi connectivity index (χ2v) is 5.84. The van der Waals surface area contributed by atoms with E-state index in [-0.39, 0.29) is 5.56 Å². The van der Waals surface area contributed by atoms with Gasteiger partial charge in [0.05, 0.1) is 15.8 Å². The Balaban J connectivity index is 2.35. The van der Waals surface area contributed by atoms with Crippen molar-refractivity contribution in [3.8, 4) is 6.07 Å². The lowest BCUT2D eigenvalue weighted by molar-refractivity contribution is 0.905. The van der Waals surface area contributed by atoms with E-state index in [1.807, 2.05) is 24.3 Å². The third-order valence-electron chi connectivity index (χ3n) is 3.82. The number of thiazole rings is 1. The second kappa shape index (κ2) is 3.69. The molecule has 19 heavy (non-hydrogen) atoms. The van der Waals surface area contributed by atoms with Gasteiger partial charge < -0.3 is 0 Å². The van der Waals surface area contributed by atoms with Gasteiger partial charge in [0.2, 0.25) is 0 Å². The first-order chi connectivity index (χ1) is 9.31. The molecule has 0 radical (unpaired) electrons. The number of hydrogen-bond acceptors (Lipinski definition) is 3. The van der Waals surface area contributed by atoms with Crippen molar-refractivity contribution in [2.75, 3.05) is 0 Å². The van der Waals surface area contributed by atoms with Crippen LogP contribution >= 0.6 is 11.3 Å². The fourth-order valence-electron chi connectivity index (χ4n) is 2.99. The van der Waals surface area contributed by atoms with Gasteiger partial charge in [-0.1, -0.05) is 12.1 Å². The maximum atomic E-state index is 12.6. The van der Waals surface area contributed by atoms with Crippen molar-refractivity contribution in [3.05, 3.63) is 51.3 Å². The summed E-state index contributed by atoms with van der Waals surface area (Å²) in [5.41, 5.74) is 3.52. The maximum absolute atomic E-state index is 12.6. The number of benzene rings is 1. The predicted molar refractivity (Wildman–Crippen MR) is 75.8 cm³/mol. The monoisotopic (exact) mass is 266 g/mol. The Morgan fingerprint density at radius 1 is 1.21 bits per heavy atom. The van der Waals surface area contributed by atoms with Gasteiger partial charge >= 0.3 is 0 Å². The number of rotatable bonds is 0. The highest BCUT2D eigenvalue weighted by Gasteiger charge is 2.23. The van der Waals surface area contributed by atoms with Crippen molar-refractivity contribution in [3.63, 3.8) is 0 Å². The number of para-hydroxylation sites is 1. The molecule has 3 aromatic rings. The molecule has 2 heterocycles. The summed E-state index contributed by atoms with van der Waals surface area (Å²) in [6.45, 7) is 0. The van der Waals surface area contributed by atoms with Gasteiger partial charge in [0, 0.05) is 5.56 Å². The van der Waals surface area contributed by atoms with Crippen LogP contribution in [-0.2, 0) is 12.8 Å². The molecule has 2 aromatic heterocycles. The molecule has 4 heteroatoms. The summed E-state index contributed by atoms with van der Waals surface area (Å²) in [4.78, 5) is 13.4. The minimum Gasteiger partial charge on any atom is -0.269 e. The minimum atomic E-state index is 0.0685. The highest BCUT2D eigenvalue weighted by Crippen LogP contribution is 2.32. The molecular weight excluding hydrogens is 256 g/mol. The molecule has 1 aromatic carbocycles. The summed E-state index contributed by atoms with van der Waals surface area (Å²) in [5, 5.41) is 9.46. The van der Waals surface area contributed by atoms with Crippen molar-refractivity contribution in [2.24, 2.45) is 0 Å². The zero-order valence-corrected chi connectivity index (χ0v) is 11.0. The van der Waals surface area contributed by atoms with Crippen molar-refractivity contribution >= 4 is 26.4 Å². The van der Waals surface area contributed by atoms with Gasteiger partial charge in [0.15, 0.2) is 0 Å². The Kier molecular flexibility index (Phi) is 2.09. The number of nitriles is 1. The number of fused-ring (bicyclic) bond motifs is 4. The summed E-state index contributed by atoms with van der Waals surface area (Å²) in [6.07, 6.45) is 2.64. The van der Waals surface area contributed by atoms with E-state index >= 15 is 0 Å². The second-order valence-electron chi connectivity index (χ2n) is 4.81. The van der Waals surface area contributed by atoms with E-state index in [1.54, 1.807) is 4.40 Å². The number of nitrogens with zero attached hydrogens (tertiary/aromatic N) is 2. The van der Waals surface area contributed by atoms with Crippen molar-refractivity contribution in [1.82, 2.24) is 4.40 Å². The van der Waals surface area contributed by atoms with E-state index in [1.165, 1.54) is 11.3 Å². The molecule has 0 saturated heterocycles. The summed E-state index contributed by atoms with van der Waals surface area (Å²) >= 11 is 1.53. The van der Waals surface area contributed by atoms with E-state index in [2.05, 4.69) is 6.07 Å². The molecule has 0 unspecified atom stereocenters. The van der Waals surface area contributed by atoms with Gasteiger partial charge in [-0.3, -0.25) is 9.20 Å². The van der Waals surface area contributed by atoms with Gasteiger partial charge in [-0.05, 0) is 37.0 Å². The smallest absolute Gasteiger partial charge is 0.259 e. The molecule has 0 bridgehead atoms. The van der Waals surface area contributed by atoms with Gasteiger partial charge in [0.1, 0.15) is 10.9 Å². The molecule has 1 aliphatic carbocycles. The topological polar surface area (TPSA) is 45.3 Å². The normalized spacial score (nSPS) is 13.8. The molecule has 0 saturated carbocycles. The summed E-state index contributed by atoms with van der Waals surface area (Å²) in [5.74, 6) is 0. The first-order valence-corrected chi connectivity index (χ1v) is 7.11. The number of hydrogen-bond donors (Lipinski definition) is 0. The van der Waals surface area contributed by atoms with E-state index in [4.69, 9.17) is 0 Å². The quantitative estimate of drug-likeness (QED) is 0.628.